The lowest BCUT2D eigenvalue weighted by atomic mass is 10.1. The van der Waals surface area contributed by atoms with E-state index in [4.69, 9.17) is 21.1 Å². The van der Waals surface area contributed by atoms with E-state index in [2.05, 4.69) is 10.6 Å². The van der Waals surface area contributed by atoms with Gasteiger partial charge in [0.2, 0.25) is 0 Å². The zero-order chi connectivity index (χ0) is 21.5. The second kappa shape index (κ2) is 9.98. The number of ether oxygens (including phenoxy) is 2. The number of hydrogen-bond acceptors (Lipinski definition) is 4. The molecule has 30 heavy (non-hydrogen) atoms. The monoisotopic (exact) mass is 428 g/mol. The molecule has 0 atom stereocenters. The van der Waals surface area contributed by atoms with Gasteiger partial charge in [-0.25, -0.2) is 4.39 Å². The number of halogens is 2. The van der Waals surface area contributed by atoms with Gasteiger partial charge in [0.15, 0.2) is 18.1 Å². The summed E-state index contributed by atoms with van der Waals surface area (Å²) in [6, 6.07) is 17.3. The van der Waals surface area contributed by atoms with Crippen molar-refractivity contribution in [2.75, 3.05) is 24.4 Å². The maximum atomic E-state index is 13.3. The molecule has 0 aliphatic rings. The highest BCUT2D eigenvalue weighted by Gasteiger charge is 2.13. The van der Waals surface area contributed by atoms with Gasteiger partial charge in [0.05, 0.1) is 12.1 Å². The highest BCUT2D eigenvalue weighted by molar-refractivity contribution is 6.31. The van der Waals surface area contributed by atoms with Crippen LogP contribution in [0.5, 0.6) is 11.5 Å². The molecule has 0 saturated carbocycles. The molecule has 3 aromatic rings. The van der Waals surface area contributed by atoms with Crippen molar-refractivity contribution in [2.24, 2.45) is 0 Å². The summed E-state index contributed by atoms with van der Waals surface area (Å²) in [5, 5.41) is 6.00. The number of anilines is 2. The van der Waals surface area contributed by atoms with Gasteiger partial charge in [0.25, 0.3) is 5.91 Å². The van der Waals surface area contributed by atoms with E-state index in [0.29, 0.717) is 29.4 Å². The summed E-state index contributed by atoms with van der Waals surface area (Å²) in [5.74, 6) is 0.204. The van der Waals surface area contributed by atoms with Crippen LogP contribution in [0.25, 0.3) is 0 Å². The molecular formula is C23H22ClFN2O3. The van der Waals surface area contributed by atoms with Crippen molar-refractivity contribution in [3.63, 3.8) is 0 Å². The van der Waals surface area contributed by atoms with Crippen molar-refractivity contribution in [2.45, 2.75) is 13.5 Å². The first kappa shape index (κ1) is 21.5. The zero-order valence-electron chi connectivity index (χ0n) is 16.7. The Hall–Kier alpha value is -3.25. The van der Waals surface area contributed by atoms with Crippen molar-refractivity contribution in [3.8, 4) is 11.5 Å². The van der Waals surface area contributed by atoms with Crippen LogP contribution in [0.2, 0.25) is 5.02 Å². The van der Waals surface area contributed by atoms with Crippen LogP contribution in [-0.4, -0.2) is 19.6 Å². The summed E-state index contributed by atoms with van der Waals surface area (Å²) in [6.07, 6.45) is 0. The minimum Gasteiger partial charge on any atom is -0.493 e. The molecule has 0 unspecified atom stereocenters. The van der Waals surface area contributed by atoms with E-state index in [1.807, 2.05) is 43.3 Å². The molecule has 0 radical (unpaired) electrons. The second-order valence-electron chi connectivity index (χ2n) is 6.63. The van der Waals surface area contributed by atoms with Crippen LogP contribution in [0.15, 0.2) is 60.7 Å². The number of benzene rings is 3. The Bertz CT molecular complexity index is 1030. The largest absolute Gasteiger partial charge is 0.493 e. The first-order valence-corrected chi connectivity index (χ1v) is 9.68. The van der Waals surface area contributed by atoms with Crippen molar-refractivity contribution in [1.29, 1.82) is 0 Å². The number of carbonyl (C=O) groups excluding carboxylic acids is 1. The minimum atomic E-state index is -0.479. The average Bonchev–Trinajstić information content (AvgIpc) is 2.74. The van der Waals surface area contributed by atoms with E-state index in [-0.39, 0.29) is 17.5 Å². The highest BCUT2D eigenvalue weighted by Crippen LogP contribution is 2.32. The van der Waals surface area contributed by atoms with Gasteiger partial charge in [-0.1, -0.05) is 41.4 Å². The van der Waals surface area contributed by atoms with Gasteiger partial charge < -0.3 is 20.1 Å². The predicted octanol–water partition coefficient (Wildman–Crippen LogP) is 5.43. The normalized spacial score (nSPS) is 10.4. The van der Waals surface area contributed by atoms with Crippen LogP contribution in [-0.2, 0) is 11.3 Å². The van der Waals surface area contributed by atoms with E-state index >= 15 is 0 Å². The van der Waals surface area contributed by atoms with Gasteiger partial charge in [0.1, 0.15) is 5.82 Å². The van der Waals surface area contributed by atoms with Gasteiger partial charge >= 0.3 is 0 Å². The van der Waals surface area contributed by atoms with Crippen LogP contribution < -0.4 is 20.1 Å². The fourth-order valence-electron chi connectivity index (χ4n) is 2.80. The van der Waals surface area contributed by atoms with E-state index in [1.165, 1.54) is 19.2 Å². The molecule has 5 nitrogen and oxygen atoms in total. The predicted molar refractivity (Wildman–Crippen MR) is 117 cm³/mol. The number of hydrogen-bond donors (Lipinski definition) is 2. The molecule has 0 aliphatic heterocycles. The fraction of sp³-hybridized carbons (Fsp3) is 0.174. The first-order valence-electron chi connectivity index (χ1n) is 9.30. The lowest BCUT2D eigenvalue weighted by molar-refractivity contribution is -0.118. The number of methoxy groups -OCH3 is 1. The minimum absolute atomic E-state index is 0.0369. The topological polar surface area (TPSA) is 59.6 Å². The standard InChI is InChI=1S/C23H22ClFN2O3/c1-15-6-8-17(9-7-15)27-22(28)14-30-23-16(4-3-5-21(23)29-2)13-26-18-10-11-20(25)19(24)12-18/h3-12,26H,13-14H2,1-2H3,(H,27,28). The zero-order valence-corrected chi connectivity index (χ0v) is 17.4. The van der Waals surface area contributed by atoms with E-state index in [1.54, 1.807) is 12.1 Å². The maximum Gasteiger partial charge on any atom is 0.262 e. The Labute approximate surface area is 179 Å². The third kappa shape index (κ3) is 5.64. The summed E-state index contributed by atoms with van der Waals surface area (Å²) < 4.78 is 24.5. The molecule has 0 spiro atoms. The van der Waals surface area contributed by atoms with Crippen LogP contribution in [0.1, 0.15) is 11.1 Å². The average molecular weight is 429 g/mol. The smallest absolute Gasteiger partial charge is 0.262 e. The van der Waals surface area contributed by atoms with Crippen LogP contribution in [0.4, 0.5) is 15.8 Å². The molecule has 2 N–H and O–H groups in total. The summed E-state index contributed by atoms with van der Waals surface area (Å²) in [5.41, 5.74) is 3.24. The Morgan fingerprint density at radius 2 is 1.80 bits per heavy atom. The number of carbonyl (C=O) groups is 1. The van der Waals surface area contributed by atoms with Crippen LogP contribution in [0.3, 0.4) is 0 Å². The summed E-state index contributed by atoms with van der Waals surface area (Å²) in [7, 11) is 1.53. The third-order valence-corrected chi connectivity index (χ3v) is 4.66. The molecular weight excluding hydrogens is 407 g/mol. The Kier molecular flexibility index (Phi) is 7.14. The molecule has 3 aromatic carbocycles. The van der Waals surface area contributed by atoms with E-state index in [0.717, 1.165) is 11.1 Å². The first-order chi connectivity index (χ1) is 14.5. The maximum absolute atomic E-state index is 13.3. The highest BCUT2D eigenvalue weighted by atomic mass is 35.5. The van der Waals surface area contributed by atoms with Gasteiger partial charge in [0, 0.05) is 23.5 Å². The van der Waals surface area contributed by atoms with Crippen molar-refractivity contribution in [1.82, 2.24) is 0 Å². The quantitative estimate of drug-likeness (QED) is 0.502. The molecule has 7 heteroatoms. The lowest BCUT2D eigenvalue weighted by Crippen LogP contribution is -2.21. The van der Waals surface area contributed by atoms with Gasteiger partial charge in [-0.15, -0.1) is 0 Å². The molecule has 156 valence electrons. The number of para-hydroxylation sites is 1. The summed E-state index contributed by atoms with van der Waals surface area (Å²) in [6.45, 7) is 2.17. The number of nitrogens with one attached hydrogen (secondary N) is 2. The second-order valence-corrected chi connectivity index (χ2v) is 7.04. The van der Waals surface area contributed by atoms with E-state index < -0.39 is 5.82 Å². The van der Waals surface area contributed by atoms with Gasteiger partial charge in [-0.2, -0.15) is 0 Å². The fourth-order valence-corrected chi connectivity index (χ4v) is 2.98. The Balaban J connectivity index is 1.67. The summed E-state index contributed by atoms with van der Waals surface area (Å²) >= 11 is 5.83. The number of rotatable bonds is 8. The van der Waals surface area contributed by atoms with Gasteiger partial charge in [-0.3, -0.25) is 4.79 Å². The number of amides is 1. The molecule has 1 amide bonds. The van der Waals surface area contributed by atoms with Gasteiger partial charge in [-0.05, 0) is 43.3 Å². The SMILES string of the molecule is COc1cccc(CNc2ccc(F)c(Cl)c2)c1OCC(=O)Nc1ccc(C)cc1. The van der Waals surface area contributed by atoms with Crippen molar-refractivity contribution < 1.29 is 18.7 Å². The lowest BCUT2D eigenvalue weighted by Gasteiger charge is -2.16. The molecule has 0 saturated heterocycles. The van der Waals surface area contributed by atoms with E-state index in [9.17, 15) is 9.18 Å². The molecule has 0 aromatic heterocycles. The van der Waals surface area contributed by atoms with Crippen molar-refractivity contribution >= 4 is 28.9 Å². The van der Waals surface area contributed by atoms with Crippen LogP contribution >= 0.6 is 11.6 Å². The Morgan fingerprint density at radius 1 is 1.07 bits per heavy atom. The molecule has 0 fully saturated rings. The molecule has 0 heterocycles. The molecule has 0 bridgehead atoms. The molecule has 3 rings (SSSR count). The number of aryl methyl sites for hydroxylation is 1. The van der Waals surface area contributed by atoms with Crippen molar-refractivity contribution in [3.05, 3.63) is 82.6 Å². The summed E-state index contributed by atoms with van der Waals surface area (Å²) in [4.78, 5) is 12.3. The third-order valence-electron chi connectivity index (χ3n) is 4.37. The van der Waals surface area contributed by atoms with Crippen LogP contribution in [0, 0.1) is 12.7 Å². The molecule has 0 aliphatic carbocycles. The Morgan fingerprint density at radius 3 is 2.50 bits per heavy atom.